The Balaban J connectivity index is 1.53. The lowest BCUT2D eigenvalue weighted by Gasteiger charge is -2.36. The molecule has 6 heteroatoms. The number of carbonyl (C=O) groups excluding carboxylic acids is 1. The van der Waals surface area contributed by atoms with Gasteiger partial charge in [-0.05, 0) is 17.7 Å². The Morgan fingerprint density at radius 1 is 1.20 bits per heavy atom. The van der Waals surface area contributed by atoms with Crippen molar-refractivity contribution in [3.63, 3.8) is 0 Å². The zero-order valence-electron chi connectivity index (χ0n) is 13.7. The van der Waals surface area contributed by atoms with Crippen molar-refractivity contribution < 1.29 is 9.53 Å². The van der Waals surface area contributed by atoms with Gasteiger partial charge in [0.1, 0.15) is 18.5 Å². The molecule has 0 radical (unpaired) electrons. The summed E-state index contributed by atoms with van der Waals surface area (Å²) in [7, 11) is 0. The van der Waals surface area contributed by atoms with E-state index in [1.807, 2.05) is 41.3 Å². The van der Waals surface area contributed by atoms with Crippen LogP contribution in [-0.2, 0) is 16.1 Å². The first-order chi connectivity index (χ1) is 12.2. The van der Waals surface area contributed by atoms with E-state index in [9.17, 15) is 4.79 Å². The highest BCUT2D eigenvalue weighted by Gasteiger charge is 2.43. The maximum atomic E-state index is 12.4. The summed E-state index contributed by atoms with van der Waals surface area (Å²) in [4.78, 5) is 20.8. The smallest absolute Gasteiger partial charge is 0.249 e. The molecule has 3 heterocycles. The minimum atomic E-state index is -0.0149. The molecule has 2 aliphatic heterocycles. The van der Waals surface area contributed by atoms with Crippen molar-refractivity contribution in [1.29, 1.82) is 5.26 Å². The van der Waals surface area contributed by atoms with Gasteiger partial charge in [-0.25, -0.2) is 4.98 Å². The van der Waals surface area contributed by atoms with Crippen molar-refractivity contribution in [2.45, 2.75) is 18.7 Å². The lowest BCUT2D eigenvalue weighted by molar-refractivity contribution is -0.153. The Bertz CT molecular complexity index is 800. The number of hydrogen-bond acceptors (Lipinski definition) is 5. The number of nitriles is 1. The second-order valence-corrected chi connectivity index (χ2v) is 6.35. The molecule has 0 N–H and O–H groups in total. The van der Waals surface area contributed by atoms with Crippen molar-refractivity contribution in [2.24, 2.45) is 0 Å². The van der Waals surface area contributed by atoms with Gasteiger partial charge in [-0.1, -0.05) is 30.3 Å². The summed E-state index contributed by atoms with van der Waals surface area (Å²) in [5.74, 6) is 0.837. The Morgan fingerprint density at radius 3 is 2.76 bits per heavy atom. The molecule has 1 aromatic heterocycles. The van der Waals surface area contributed by atoms with Crippen LogP contribution in [0.1, 0.15) is 11.1 Å². The van der Waals surface area contributed by atoms with Crippen molar-refractivity contribution >= 4 is 11.7 Å². The van der Waals surface area contributed by atoms with Crippen LogP contribution in [0.25, 0.3) is 0 Å². The average molecular weight is 334 g/mol. The van der Waals surface area contributed by atoms with Crippen LogP contribution in [-0.4, -0.2) is 47.6 Å². The minimum absolute atomic E-state index is 0.0129. The molecule has 2 saturated heterocycles. The van der Waals surface area contributed by atoms with Crippen LogP contribution < -0.4 is 4.90 Å². The molecule has 1 aromatic carbocycles. The molecule has 2 aromatic rings. The number of ether oxygens (including phenoxy) is 1. The Morgan fingerprint density at radius 2 is 2.04 bits per heavy atom. The van der Waals surface area contributed by atoms with Gasteiger partial charge in [0.15, 0.2) is 0 Å². The monoisotopic (exact) mass is 334 g/mol. The van der Waals surface area contributed by atoms with E-state index in [4.69, 9.17) is 10.00 Å². The molecule has 0 saturated carbocycles. The van der Waals surface area contributed by atoms with Crippen LogP contribution in [0.2, 0.25) is 0 Å². The van der Waals surface area contributed by atoms with Gasteiger partial charge in [-0.3, -0.25) is 4.79 Å². The van der Waals surface area contributed by atoms with Crippen LogP contribution in [0.4, 0.5) is 5.82 Å². The fourth-order valence-corrected chi connectivity index (χ4v) is 3.48. The molecule has 2 unspecified atom stereocenters. The topological polar surface area (TPSA) is 69.5 Å². The number of rotatable bonds is 3. The van der Waals surface area contributed by atoms with Crippen LogP contribution in [0, 0.1) is 11.3 Å². The molecule has 2 atom stereocenters. The molecule has 0 aliphatic carbocycles. The second kappa shape index (κ2) is 6.54. The zero-order chi connectivity index (χ0) is 17.2. The summed E-state index contributed by atoms with van der Waals surface area (Å²) in [5.41, 5.74) is 1.66. The van der Waals surface area contributed by atoms with Gasteiger partial charge in [-0.2, -0.15) is 5.26 Å². The van der Waals surface area contributed by atoms with E-state index in [-0.39, 0.29) is 24.7 Å². The summed E-state index contributed by atoms with van der Waals surface area (Å²) in [6.45, 7) is 2.10. The van der Waals surface area contributed by atoms with Gasteiger partial charge < -0.3 is 14.5 Å². The average Bonchev–Trinajstić information content (AvgIpc) is 3.10. The Hall–Kier alpha value is -2.91. The van der Waals surface area contributed by atoms with Gasteiger partial charge in [-0.15, -0.1) is 0 Å². The van der Waals surface area contributed by atoms with Gasteiger partial charge >= 0.3 is 0 Å². The lowest BCUT2D eigenvalue weighted by atomic mass is 10.1. The summed E-state index contributed by atoms with van der Waals surface area (Å²) in [5, 5.41) is 8.90. The number of nitrogens with zero attached hydrogens (tertiary/aromatic N) is 4. The molecule has 1 amide bonds. The molecular formula is C19H18N4O2. The third-order valence-corrected chi connectivity index (χ3v) is 4.78. The normalized spacial score (nSPS) is 22.6. The molecule has 6 nitrogen and oxygen atoms in total. The third-order valence-electron chi connectivity index (χ3n) is 4.78. The molecule has 0 bridgehead atoms. The Labute approximate surface area is 146 Å². The van der Waals surface area contributed by atoms with Crippen LogP contribution >= 0.6 is 0 Å². The molecule has 2 aliphatic rings. The van der Waals surface area contributed by atoms with Gasteiger partial charge in [0.2, 0.25) is 5.91 Å². The fraction of sp³-hybridized carbons (Fsp3) is 0.316. The largest absolute Gasteiger partial charge is 0.364 e. The highest BCUT2D eigenvalue weighted by atomic mass is 16.5. The highest BCUT2D eigenvalue weighted by Crippen LogP contribution is 2.28. The van der Waals surface area contributed by atoms with Gasteiger partial charge in [0.05, 0.1) is 17.7 Å². The predicted octanol–water partition coefficient (Wildman–Crippen LogP) is 1.57. The fourth-order valence-electron chi connectivity index (χ4n) is 3.48. The number of aromatic nitrogens is 1. The standard InChI is InChI=1S/C19H18N4O2/c20-8-15-6-7-18(21-9-15)22-11-16-17(12-22)25-13-19(24)23(16)10-14-4-2-1-3-5-14/h1-7,9,16-17H,10-13H2. The first-order valence-electron chi connectivity index (χ1n) is 8.30. The number of amides is 1. The van der Waals surface area contributed by atoms with Crippen LogP contribution in [0.5, 0.6) is 0 Å². The van der Waals surface area contributed by atoms with E-state index in [0.717, 1.165) is 11.4 Å². The van der Waals surface area contributed by atoms with Crippen molar-refractivity contribution in [3.8, 4) is 6.07 Å². The number of morpholine rings is 1. The molecule has 2 fully saturated rings. The van der Waals surface area contributed by atoms with E-state index >= 15 is 0 Å². The first kappa shape index (κ1) is 15.6. The first-order valence-corrected chi connectivity index (χ1v) is 8.30. The van der Waals surface area contributed by atoms with E-state index in [1.54, 1.807) is 12.3 Å². The molecule has 0 spiro atoms. The van der Waals surface area contributed by atoms with E-state index in [2.05, 4.69) is 16.0 Å². The number of pyridine rings is 1. The van der Waals surface area contributed by atoms with Gasteiger partial charge in [0.25, 0.3) is 0 Å². The quantitative estimate of drug-likeness (QED) is 0.852. The summed E-state index contributed by atoms with van der Waals surface area (Å²) >= 11 is 0. The van der Waals surface area contributed by atoms with Crippen molar-refractivity contribution in [1.82, 2.24) is 9.88 Å². The minimum Gasteiger partial charge on any atom is -0.364 e. The number of carbonyl (C=O) groups is 1. The van der Waals surface area contributed by atoms with E-state index in [0.29, 0.717) is 25.2 Å². The summed E-state index contributed by atoms with van der Waals surface area (Å²) < 4.78 is 5.77. The number of hydrogen-bond donors (Lipinski definition) is 0. The summed E-state index contributed by atoms with van der Waals surface area (Å²) in [6.07, 6.45) is 1.56. The maximum absolute atomic E-state index is 12.4. The SMILES string of the molecule is N#Cc1ccc(N2CC3OCC(=O)N(Cc4ccccc4)C3C2)nc1. The number of benzene rings is 1. The van der Waals surface area contributed by atoms with E-state index < -0.39 is 0 Å². The maximum Gasteiger partial charge on any atom is 0.249 e. The Kier molecular flexibility index (Phi) is 4.08. The molecule has 126 valence electrons. The zero-order valence-corrected chi connectivity index (χ0v) is 13.7. The number of fused-ring (bicyclic) bond motifs is 1. The predicted molar refractivity (Wildman–Crippen MR) is 91.7 cm³/mol. The highest BCUT2D eigenvalue weighted by molar-refractivity contribution is 5.79. The van der Waals surface area contributed by atoms with E-state index in [1.165, 1.54) is 0 Å². The summed E-state index contributed by atoms with van der Waals surface area (Å²) in [6, 6.07) is 15.7. The second-order valence-electron chi connectivity index (χ2n) is 6.35. The molecule has 25 heavy (non-hydrogen) atoms. The third kappa shape index (κ3) is 3.06. The van der Waals surface area contributed by atoms with Crippen molar-refractivity contribution in [3.05, 3.63) is 59.8 Å². The van der Waals surface area contributed by atoms with Crippen LogP contribution in [0.15, 0.2) is 48.7 Å². The molecule has 4 rings (SSSR count). The number of anilines is 1. The lowest BCUT2D eigenvalue weighted by Crippen LogP contribution is -2.53. The van der Waals surface area contributed by atoms with Crippen molar-refractivity contribution in [2.75, 3.05) is 24.6 Å². The van der Waals surface area contributed by atoms with Gasteiger partial charge in [0, 0.05) is 25.8 Å². The molecular weight excluding hydrogens is 316 g/mol. The van der Waals surface area contributed by atoms with Crippen LogP contribution in [0.3, 0.4) is 0 Å².